The standard InChI is InChI=1S/C19H24N2O4/c1-3-24-16-11-15(22)19(16)7-9-21(10-8-19)18(23)13-5-4-6-14-17(13)20-12(2)25-14/h4-6,15-16,22H,3,7-11H2,1-2H3/t15-,16+/m0/s1. The first kappa shape index (κ1) is 16.5. The molecule has 0 radical (unpaired) electrons. The summed E-state index contributed by atoms with van der Waals surface area (Å²) in [5, 5.41) is 10.3. The summed E-state index contributed by atoms with van der Waals surface area (Å²) in [6.07, 6.45) is 2.06. The molecule has 2 aromatic rings. The van der Waals surface area contributed by atoms with Crippen LogP contribution in [0.5, 0.6) is 0 Å². The summed E-state index contributed by atoms with van der Waals surface area (Å²) in [7, 11) is 0. The quantitative estimate of drug-likeness (QED) is 0.926. The fraction of sp³-hybridized carbons (Fsp3) is 0.579. The zero-order valence-electron chi connectivity index (χ0n) is 14.7. The zero-order valence-corrected chi connectivity index (χ0v) is 14.7. The number of fused-ring (bicyclic) bond motifs is 1. The lowest BCUT2D eigenvalue weighted by molar-refractivity contribution is -0.207. The number of amides is 1. The lowest BCUT2D eigenvalue weighted by atomic mass is 9.58. The van der Waals surface area contributed by atoms with E-state index in [1.165, 1.54) is 0 Å². The van der Waals surface area contributed by atoms with Crippen molar-refractivity contribution in [3.63, 3.8) is 0 Å². The Hall–Kier alpha value is -1.92. The highest BCUT2D eigenvalue weighted by Crippen LogP contribution is 2.51. The van der Waals surface area contributed by atoms with Crippen LogP contribution in [-0.2, 0) is 4.74 Å². The lowest BCUT2D eigenvalue weighted by Crippen LogP contribution is -2.62. The van der Waals surface area contributed by atoms with Gasteiger partial charge in [-0.05, 0) is 31.9 Å². The highest BCUT2D eigenvalue weighted by Gasteiger charge is 2.56. The van der Waals surface area contributed by atoms with E-state index in [0.29, 0.717) is 48.7 Å². The van der Waals surface area contributed by atoms with Gasteiger partial charge in [0.2, 0.25) is 0 Å². The lowest BCUT2D eigenvalue weighted by Gasteiger charge is -2.56. The molecule has 1 aromatic heterocycles. The number of aliphatic hydroxyl groups is 1. The van der Waals surface area contributed by atoms with Crippen LogP contribution in [-0.4, -0.2) is 52.8 Å². The predicted molar refractivity (Wildman–Crippen MR) is 92.4 cm³/mol. The van der Waals surface area contributed by atoms with Gasteiger partial charge in [-0.3, -0.25) is 4.79 Å². The number of nitrogens with zero attached hydrogens (tertiary/aromatic N) is 2. The van der Waals surface area contributed by atoms with Crippen molar-refractivity contribution in [2.45, 2.75) is 45.3 Å². The molecule has 0 bridgehead atoms. The van der Waals surface area contributed by atoms with Crippen LogP contribution in [0, 0.1) is 12.3 Å². The molecule has 2 fully saturated rings. The molecular weight excluding hydrogens is 320 g/mol. The molecule has 1 saturated carbocycles. The number of ether oxygens (including phenoxy) is 1. The van der Waals surface area contributed by atoms with Gasteiger partial charge in [-0.2, -0.15) is 0 Å². The van der Waals surface area contributed by atoms with Crippen molar-refractivity contribution in [2.75, 3.05) is 19.7 Å². The van der Waals surface area contributed by atoms with Gasteiger partial charge in [0.05, 0.1) is 17.8 Å². The van der Waals surface area contributed by atoms with E-state index in [1.807, 2.05) is 24.0 Å². The second-order valence-electron chi connectivity index (χ2n) is 7.11. The molecule has 2 atom stereocenters. The second-order valence-corrected chi connectivity index (χ2v) is 7.11. The molecule has 25 heavy (non-hydrogen) atoms. The number of benzene rings is 1. The number of hydrogen-bond acceptors (Lipinski definition) is 5. The Balaban J connectivity index is 1.51. The topological polar surface area (TPSA) is 75.8 Å². The van der Waals surface area contributed by atoms with Crippen molar-refractivity contribution >= 4 is 17.0 Å². The summed E-state index contributed by atoms with van der Waals surface area (Å²) >= 11 is 0. The van der Waals surface area contributed by atoms with Crippen molar-refractivity contribution in [3.8, 4) is 0 Å². The number of rotatable bonds is 3. The summed E-state index contributed by atoms with van der Waals surface area (Å²) in [6, 6.07) is 5.46. The summed E-state index contributed by atoms with van der Waals surface area (Å²) < 4.78 is 11.3. The highest BCUT2D eigenvalue weighted by atomic mass is 16.5. The maximum atomic E-state index is 13.0. The molecule has 1 amide bonds. The third-order valence-corrected chi connectivity index (χ3v) is 5.85. The van der Waals surface area contributed by atoms with E-state index in [9.17, 15) is 9.90 Å². The Kier molecular flexibility index (Phi) is 4.04. The predicted octanol–water partition coefficient (Wildman–Crippen LogP) is 2.53. The van der Waals surface area contributed by atoms with Crippen molar-refractivity contribution in [3.05, 3.63) is 29.7 Å². The maximum absolute atomic E-state index is 13.0. The molecule has 2 aliphatic rings. The molecule has 134 valence electrons. The minimum absolute atomic E-state index is 0.0180. The molecule has 1 N–H and O–H groups in total. The van der Waals surface area contributed by atoms with Crippen LogP contribution in [0.4, 0.5) is 0 Å². The Morgan fingerprint density at radius 2 is 2.20 bits per heavy atom. The minimum Gasteiger partial charge on any atom is -0.441 e. The van der Waals surface area contributed by atoms with Gasteiger partial charge < -0.3 is 19.2 Å². The fourth-order valence-corrected chi connectivity index (χ4v) is 4.35. The Morgan fingerprint density at radius 3 is 2.88 bits per heavy atom. The third kappa shape index (κ3) is 2.55. The zero-order chi connectivity index (χ0) is 17.6. The first-order valence-electron chi connectivity index (χ1n) is 9.00. The monoisotopic (exact) mass is 344 g/mol. The van der Waals surface area contributed by atoms with E-state index in [1.54, 1.807) is 13.0 Å². The summed E-state index contributed by atoms with van der Waals surface area (Å²) in [4.78, 5) is 19.2. The van der Waals surface area contributed by atoms with E-state index >= 15 is 0 Å². The van der Waals surface area contributed by atoms with E-state index in [4.69, 9.17) is 9.15 Å². The smallest absolute Gasteiger partial charge is 0.256 e. The number of likely N-dealkylation sites (tertiary alicyclic amines) is 1. The van der Waals surface area contributed by atoms with E-state index in [-0.39, 0.29) is 23.5 Å². The molecule has 2 heterocycles. The normalized spacial score (nSPS) is 25.3. The van der Waals surface area contributed by atoms with Crippen LogP contribution in [0.1, 0.15) is 42.4 Å². The molecule has 1 aliphatic heterocycles. The number of oxazole rings is 1. The first-order valence-corrected chi connectivity index (χ1v) is 9.00. The number of para-hydroxylation sites is 1. The van der Waals surface area contributed by atoms with Gasteiger partial charge in [0.15, 0.2) is 11.5 Å². The molecular formula is C19H24N2O4. The SMILES string of the molecule is CCO[C@@H]1C[C@H](O)C12CCN(C(=O)c1cccc3oc(C)nc13)CC2. The minimum atomic E-state index is -0.317. The van der Waals surface area contributed by atoms with Gasteiger partial charge in [0, 0.05) is 38.5 Å². The van der Waals surface area contributed by atoms with Crippen molar-refractivity contribution in [2.24, 2.45) is 5.41 Å². The van der Waals surface area contributed by atoms with Crippen molar-refractivity contribution in [1.29, 1.82) is 0 Å². The van der Waals surface area contributed by atoms with Crippen molar-refractivity contribution < 1.29 is 19.1 Å². The number of aryl methyl sites for hydroxylation is 1. The molecule has 4 rings (SSSR count). The van der Waals surface area contributed by atoms with Gasteiger partial charge in [0.1, 0.15) is 5.52 Å². The fourth-order valence-electron chi connectivity index (χ4n) is 4.35. The highest BCUT2D eigenvalue weighted by molar-refractivity contribution is 6.04. The second kappa shape index (κ2) is 6.11. The molecule has 1 aromatic carbocycles. The third-order valence-electron chi connectivity index (χ3n) is 5.85. The molecule has 1 saturated heterocycles. The summed E-state index contributed by atoms with van der Waals surface area (Å²) in [5.41, 5.74) is 1.67. The number of aliphatic hydroxyl groups excluding tert-OH is 1. The van der Waals surface area contributed by atoms with Crippen LogP contribution >= 0.6 is 0 Å². The van der Waals surface area contributed by atoms with Crippen LogP contribution in [0.15, 0.2) is 22.6 Å². The average molecular weight is 344 g/mol. The van der Waals surface area contributed by atoms with Crippen LogP contribution < -0.4 is 0 Å². The van der Waals surface area contributed by atoms with Gasteiger partial charge in [-0.1, -0.05) is 6.07 Å². The largest absolute Gasteiger partial charge is 0.441 e. The Labute approximate surface area is 146 Å². The maximum Gasteiger partial charge on any atom is 0.256 e. The molecule has 6 nitrogen and oxygen atoms in total. The Bertz CT molecular complexity index is 790. The van der Waals surface area contributed by atoms with Gasteiger partial charge in [0.25, 0.3) is 5.91 Å². The van der Waals surface area contributed by atoms with E-state index in [2.05, 4.69) is 4.98 Å². The van der Waals surface area contributed by atoms with Crippen molar-refractivity contribution in [1.82, 2.24) is 9.88 Å². The van der Waals surface area contributed by atoms with E-state index < -0.39 is 0 Å². The molecule has 0 unspecified atom stereocenters. The van der Waals surface area contributed by atoms with Crippen LogP contribution in [0.2, 0.25) is 0 Å². The number of carbonyl (C=O) groups is 1. The summed E-state index contributed by atoms with van der Waals surface area (Å²) in [6.45, 7) is 5.69. The van der Waals surface area contributed by atoms with E-state index in [0.717, 1.165) is 12.8 Å². The number of carbonyl (C=O) groups excluding carboxylic acids is 1. The molecule has 6 heteroatoms. The van der Waals surface area contributed by atoms with Gasteiger partial charge in [-0.25, -0.2) is 4.98 Å². The Morgan fingerprint density at radius 1 is 1.44 bits per heavy atom. The first-order chi connectivity index (χ1) is 12.0. The number of hydrogen-bond donors (Lipinski definition) is 1. The summed E-state index contributed by atoms with van der Waals surface area (Å²) in [5.74, 6) is 0.542. The van der Waals surface area contributed by atoms with Gasteiger partial charge in [-0.15, -0.1) is 0 Å². The molecule has 1 spiro atoms. The number of aromatic nitrogens is 1. The van der Waals surface area contributed by atoms with Crippen LogP contribution in [0.3, 0.4) is 0 Å². The average Bonchev–Trinajstić information content (AvgIpc) is 3.01. The molecule has 1 aliphatic carbocycles. The number of piperidine rings is 1. The van der Waals surface area contributed by atoms with Gasteiger partial charge >= 0.3 is 0 Å². The van der Waals surface area contributed by atoms with Crippen LogP contribution in [0.25, 0.3) is 11.1 Å².